The molecule has 0 spiro atoms. The van der Waals surface area contributed by atoms with E-state index in [4.69, 9.17) is 0 Å². The topological polar surface area (TPSA) is 64.2 Å². The number of nitrogens with one attached hydrogen (secondary N) is 1. The van der Waals surface area contributed by atoms with Gasteiger partial charge in [0.25, 0.3) is 5.91 Å². The van der Waals surface area contributed by atoms with Crippen LogP contribution in [0.25, 0.3) is 38.8 Å². The van der Waals surface area contributed by atoms with Gasteiger partial charge in [0.05, 0.1) is 11.1 Å². The number of aromatic nitrogens is 4. The quantitative estimate of drug-likeness (QED) is 0.419. The smallest absolute Gasteiger partial charge is 0.351 e. The summed E-state index contributed by atoms with van der Waals surface area (Å²) in [5, 5.41) is 9.09. The number of hydrogen-bond donors (Lipinski definition) is 1. The van der Waals surface area contributed by atoms with Gasteiger partial charge in [-0.3, -0.25) is 4.79 Å². The summed E-state index contributed by atoms with van der Waals surface area (Å²) in [5.41, 5.74) is 5.00. The Bertz CT molecular complexity index is 1460. The molecule has 1 amide bonds. The molecule has 6 nitrogen and oxygen atoms in total. The van der Waals surface area contributed by atoms with Crippen LogP contribution in [-0.2, 0) is 7.05 Å². The molecule has 0 aliphatic carbocycles. The molecule has 0 fully saturated rings. The molecule has 10 heteroatoms. The van der Waals surface area contributed by atoms with Crippen LogP contribution >= 0.6 is 11.3 Å². The van der Waals surface area contributed by atoms with Crippen LogP contribution in [0.3, 0.4) is 0 Å². The van der Waals surface area contributed by atoms with Gasteiger partial charge in [-0.1, -0.05) is 6.07 Å². The largest absolute Gasteiger partial charge is 0.405 e. The number of hydrogen-bond acceptors (Lipinski definition) is 4. The van der Waals surface area contributed by atoms with Gasteiger partial charge in [-0.05, 0) is 40.8 Å². The highest BCUT2D eigenvalue weighted by Gasteiger charge is 2.28. The minimum absolute atomic E-state index is 0.191. The zero-order valence-corrected chi connectivity index (χ0v) is 17.5. The van der Waals surface area contributed by atoms with Crippen LogP contribution in [0.15, 0.2) is 60.5 Å². The molecule has 0 saturated heterocycles. The Hall–Kier alpha value is -3.66. The monoisotopic (exact) mass is 455 g/mol. The number of amides is 1. The number of carbonyl (C=O) groups is 1. The summed E-state index contributed by atoms with van der Waals surface area (Å²) in [6.45, 7) is -1.37. The Balaban J connectivity index is 1.43. The average Bonchev–Trinajstić information content (AvgIpc) is 3.49. The van der Waals surface area contributed by atoms with Crippen molar-refractivity contribution in [3.05, 3.63) is 65.4 Å². The number of nitrogens with zero attached hydrogens (tertiary/aromatic N) is 4. The Morgan fingerprint density at radius 2 is 1.97 bits per heavy atom. The summed E-state index contributed by atoms with van der Waals surface area (Å²) >= 11 is 1.07. The van der Waals surface area contributed by atoms with Crippen LogP contribution in [0.5, 0.6) is 0 Å². The van der Waals surface area contributed by atoms with Gasteiger partial charge >= 0.3 is 6.18 Å². The Morgan fingerprint density at radius 1 is 1.12 bits per heavy atom. The summed E-state index contributed by atoms with van der Waals surface area (Å²) in [4.78, 5) is 16.7. The second-order valence-electron chi connectivity index (χ2n) is 7.37. The van der Waals surface area contributed by atoms with Crippen molar-refractivity contribution in [1.29, 1.82) is 0 Å². The molecule has 5 rings (SSSR count). The zero-order chi connectivity index (χ0) is 22.5. The highest BCUT2D eigenvalue weighted by Crippen LogP contribution is 2.30. The second kappa shape index (κ2) is 7.49. The van der Waals surface area contributed by atoms with E-state index in [9.17, 15) is 18.0 Å². The lowest BCUT2D eigenvalue weighted by atomic mass is 10.1. The molecule has 5 aromatic rings. The van der Waals surface area contributed by atoms with Crippen molar-refractivity contribution < 1.29 is 18.0 Å². The minimum Gasteiger partial charge on any atom is -0.351 e. The van der Waals surface area contributed by atoms with Gasteiger partial charge in [-0.15, -0.1) is 11.3 Å². The van der Waals surface area contributed by atoms with Crippen molar-refractivity contribution in [1.82, 2.24) is 24.5 Å². The maximum atomic E-state index is 12.3. The molecule has 4 heterocycles. The number of aryl methyl sites for hydroxylation is 1. The molecular formula is C22H16F3N5OS. The Morgan fingerprint density at radius 3 is 2.78 bits per heavy atom. The van der Waals surface area contributed by atoms with Crippen molar-refractivity contribution in [3.63, 3.8) is 0 Å². The highest BCUT2D eigenvalue weighted by atomic mass is 32.1. The first kappa shape index (κ1) is 20.3. The second-order valence-corrected chi connectivity index (χ2v) is 8.28. The summed E-state index contributed by atoms with van der Waals surface area (Å²) in [6, 6.07) is 9.77. The molecule has 1 aromatic carbocycles. The van der Waals surface area contributed by atoms with Crippen LogP contribution in [0.4, 0.5) is 13.2 Å². The van der Waals surface area contributed by atoms with Crippen LogP contribution < -0.4 is 5.32 Å². The first-order valence-corrected chi connectivity index (χ1v) is 10.5. The molecule has 0 saturated carbocycles. The molecule has 0 aliphatic heterocycles. The number of halogens is 3. The third kappa shape index (κ3) is 3.73. The third-order valence-electron chi connectivity index (χ3n) is 5.16. The first-order chi connectivity index (χ1) is 15.3. The van der Waals surface area contributed by atoms with E-state index in [1.807, 2.05) is 30.8 Å². The Labute approximate surface area is 183 Å². The first-order valence-electron chi connectivity index (χ1n) is 9.61. The van der Waals surface area contributed by atoms with Gasteiger partial charge in [0.2, 0.25) is 0 Å². The normalized spacial score (nSPS) is 12.0. The fraction of sp³-hybridized carbons (Fsp3) is 0.136. The standard InChI is InChI=1S/C22H16F3N5OS/c1-29-5-4-14-6-13(2-3-18(14)29)16-8-26-20-17(9-28-30(20)10-16)15-7-19(32-11-15)21(31)27-12-22(23,24)25/h2-11H,12H2,1H3,(H,27,31). The molecular weight excluding hydrogens is 439 g/mol. The van der Waals surface area contributed by atoms with Crippen molar-refractivity contribution >= 4 is 33.8 Å². The van der Waals surface area contributed by atoms with Crippen molar-refractivity contribution in [3.8, 4) is 22.3 Å². The van der Waals surface area contributed by atoms with Crippen LogP contribution in [-0.4, -0.2) is 37.8 Å². The van der Waals surface area contributed by atoms with E-state index in [0.717, 1.165) is 33.4 Å². The van der Waals surface area contributed by atoms with Gasteiger partial charge in [0.1, 0.15) is 6.54 Å². The van der Waals surface area contributed by atoms with E-state index in [-0.39, 0.29) is 4.88 Å². The summed E-state index contributed by atoms with van der Waals surface area (Å²) < 4.78 is 40.7. The molecule has 0 unspecified atom stereocenters. The predicted molar refractivity (Wildman–Crippen MR) is 117 cm³/mol. The van der Waals surface area contributed by atoms with Gasteiger partial charge in [0.15, 0.2) is 5.65 Å². The van der Waals surface area contributed by atoms with Gasteiger partial charge in [0, 0.05) is 47.7 Å². The molecule has 0 radical (unpaired) electrons. The van der Waals surface area contributed by atoms with Gasteiger partial charge in [-0.25, -0.2) is 9.50 Å². The SMILES string of the molecule is Cn1ccc2cc(-c3cnc4c(-c5csc(C(=O)NCC(F)(F)F)c5)cnn4c3)ccc21. The predicted octanol–water partition coefficient (Wildman–Crippen LogP) is 4.91. The van der Waals surface area contributed by atoms with Gasteiger partial charge < -0.3 is 9.88 Å². The summed E-state index contributed by atoms with van der Waals surface area (Å²) in [7, 11) is 2.00. The minimum atomic E-state index is -4.45. The van der Waals surface area contributed by atoms with Crippen molar-refractivity contribution in [2.45, 2.75) is 6.18 Å². The van der Waals surface area contributed by atoms with Crippen LogP contribution in [0.1, 0.15) is 9.67 Å². The maximum absolute atomic E-state index is 12.3. The summed E-state index contributed by atoms with van der Waals surface area (Å²) in [6.07, 6.45) is 2.82. The fourth-order valence-corrected chi connectivity index (χ4v) is 4.38. The van der Waals surface area contributed by atoms with E-state index in [1.165, 1.54) is 0 Å². The van der Waals surface area contributed by atoms with E-state index in [1.54, 1.807) is 28.4 Å². The third-order valence-corrected chi connectivity index (χ3v) is 6.09. The lowest BCUT2D eigenvalue weighted by molar-refractivity contribution is -0.123. The number of benzene rings is 1. The number of carbonyl (C=O) groups excluding carboxylic acids is 1. The van der Waals surface area contributed by atoms with E-state index in [0.29, 0.717) is 16.8 Å². The molecule has 0 aliphatic rings. The van der Waals surface area contributed by atoms with E-state index < -0.39 is 18.6 Å². The van der Waals surface area contributed by atoms with E-state index >= 15 is 0 Å². The average molecular weight is 455 g/mol. The summed E-state index contributed by atoms with van der Waals surface area (Å²) in [5.74, 6) is -0.762. The van der Waals surface area contributed by atoms with Gasteiger partial charge in [-0.2, -0.15) is 18.3 Å². The molecule has 162 valence electrons. The number of thiophene rings is 1. The number of rotatable bonds is 4. The number of fused-ring (bicyclic) bond motifs is 2. The van der Waals surface area contributed by atoms with E-state index in [2.05, 4.69) is 32.8 Å². The fourth-order valence-electron chi connectivity index (χ4n) is 3.55. The molecule has 4 aromatic heterocycles. The number of alkyl halides is 3. The molecule has 0 bridgehead atoms. The zero-order valence-electron chi connectivity index (χ0n) is 16.7. The Kier molecular flexibility index (Phi) is 4.74. The van der Waals surface area contributed by atoms with Crippen LogP contribution in [0.2, 0.25) is 0 Å². The van der Waals surface area contributed by atoms with Crippen molar-refractivity contribution in [2.24, 2.45) is 7.05 Å². The molecule has 1 N–H and O–H groups in total. The van der Waals surface area contributed by atoms with Crippen LogP contribution in [0, 0.1) is 0 Å². The lowest BCUT2D eigenvalue weighted by Gasteiger charge is -2.06. The molecule has 0 atom stereocenters. The highest BCUT2D eigenvalue weighted by molar-refractivity contribution is 7.12. The lowest BCUT2D eigenvalue weighted by Crippen LogP contribution is -2.33. The maximum Gasteiger partial charge on any atom is 0.405 e. The molecule has 32 heavy (non-hydrogen) atoms. The van der Waals surface area contributed by atoms with Crippen molar-refractivity contribution in [2.75, 3.05) is 6.54 Å².